The first-order valence-electron chi connectivity index (χ1n) is 9.14. The van der Waals surface area contributed by atoms with E-state index in [4.69, 9.17) is 0 Å². The quantitative estimate of drug-likeness (QED) is 0.418. The molecule has 0 radical (unpaired) electrons. The molecular formula is C21H20BrF2N3O2S. The number of nitrogens with zero attached hydrogens (tertiary/aromatic N) is 2. The van der Waals surface area contributed by atoms with Crippen LogP contribution >= 0.6 is 27.7 Å². The van der Waals surface area contributed by atoms with E-state index in [2.05, 4.69) is 31.0 Å². The van der Waals surface area contributed by atoms with Gasteiger partial charge in [0, 0.05) is 21.8 Å². The second kappa shape index (κ2) is 10.1. The zero-order valence-electron chi connectivity index (χ0n) is 16.3. The Bertz CT molecular complexity index is 992. The van der Waals surface area contributed by atoms with Gasteiger partial charge in [0.2, 0.25) is 5.91 Å². The number of benzene rings is 2. The van der Waals surface area contributed by atoms with Gasteiger partial charge < -0.3 is 10.1 Å². The van der Waals surface area contributed by atoms with Crippen LogP contribution in [-0.4, -0.2) is 33.9 Å². The lowest BCUT2D eigenvalue weighted by Crippen LogP contribution is -2.31. The first-order valence-corrected chi connectivity index (χ1v) is 10.9. The lowest BCUT2D eigenvalue weighted by Gasteiger charge is -2.13. The number of carbonyl (C=O) groups is 1. The predicted molar refractivity (Wildman–Crippen MR) is 117 cm³/mol. The summed E-state index contributed by atoms with van der Waals surface area (Å²) in [5, 5.41) is 3.47. The highest BCUT2D eigenvalue weighted by molar-refractivity contribution is 9.10. The molecule has 3 aromatic rings. The molecule has 0 aliphatic heterocycles. The number of alkyl halides is 2. The second-order valence-electron chi connectivity index (χ2n) is 6.65. The van der Waals surface area contributed by atoms with Gasteiger partial charge in [-0.3, -0.25) is 9.36 Å². The molecular weight excluding hydrogens is 476 g/mol. The van der Waals surface area contributed by atoms with Crippen molar-refractivity contribution in [3.63, 3.8) is 0 Å². The molecule has 30 heavy (non-hydrogen) atoms. The predicted octanol–water partition coefficient (Wildman–Crippen LogP) is 5.52. The third-order valence-corrected chi connectivity index (χ3v) is 5.45. The summed E-state index contributed by atoms with van der Waals surface area (Å²) in [5.41, 5.74) is 2.47. The van der Waals surface area contributed by atoms with E-state index in [9.17, 15) is 13.6 Å². The van der Waals surface area contributed by atoms with E-state index in [1.54, 1.807) is 18.3 Å². The molecule has 0 unspecified atom stereocenters. The molecule has 0 saturated carbocycles. The molecule has 158 valence electrons. The highest BCUT2D eigenvalue weighted by Gasteiger charge is 2.16. The van der Waals surface area contributed by atoms with Gasteiger partial charge in [0.15, 0.2) is 5.16 Å². The van der Waals surface area contributed by atoms with Crippen molar-refractivity contribution < 1.29 is 18.3 Å². The summed E-state index contributed by atoms with van der Waals surface area (Å²) >= 11 is 4.73. The highest BCUT2D eigenvalue weighted by Crippen LogP contribution is 2.31. The van der Waals surface area contributed by atoms with Gasteiger partial charge in [0.1, 0.15) is 5.75 Å². The molecule has 1 N–H and O–H groups in total. The lowest BCUT2D eigenvalue weighted by atomic mass is 10.1. The second-order valence-corrected chi connectivity index (χ2v) is 8.51. The molecule has 0 saturated heterocycles. The summed E-state index contributed by atoms with van der Waals surface area (Å²) < 4.78 is 32.2. The van der Waals surface area contributed by atoms with Crippen LogP contribution in [0.1, 0.15) is 13.8 Å². The maximum atomic E-state index is 12.5. The van der Waals surface area contributed by atoms with Gasteiger partial charge in [-0.15, -0.1) is 0 Å². The Morgan fingerprint density at radius 2 is 1.83 bits per heavy atom. The maximum Gasteiger partial charge on any atom is 0.387 e. The molecule has 3 rings (SSSR count). The number of imidazole rings is 1. The Labute approximate surface area is 186 Å². The summed E-state index contributed by atoms with van der Waals surface area (Å²) in [6, 6.07) is 14.1. The van der Waals surface area contributed by atoms with E-state index in [1.807, 2.05) is 42.7 Å². The number of halogens is 3. The van der Waals surface area contributed by atoms with E-state index in [1.165, 1.54) is 23.9 Å². The standard InChI is InChI=1S/C21H20BrF2N3O2S/c1-13(2)26-19(28)12-30-21-25-11-18(14-3-5-15(22)6-4-14)27(21)16-7-9-17(10-8-16)29-20(23)24/h3-11,13,20H,12H2,1-2H3,(H,26,28). The van der Waals surface area contributed by atoms with Gasteiger partial charge in [-0.25, -0.2) is 4.98 Å². The van der Waals surface area contributed by atoms with Crippen LogP contribution < -0.4 is 10.1 Å². The van der Waals surface area contributed by atoms with Gasteiger partial charge in [-0.05, 0) is 50.2 Å². The lowest BCUT2D eigenvalue weighted by molar-refractivity contribution is -0.119. The Hall–Kier alpha value is -2.39. The molecule has 0 spiro atoms. The molecule has 2 aromatic carbocycles. The van der Waals surface area contributed by atoms with Crippen LogP contribution in [0.3, 0.4) is 0 Å². The van der Waals surface area contributed by atoms with Crippen LogP contribution in [0.5, 0.6) is 5.75 Å². The van der Waals surface area contributed by atoms with Crippen LogP contribution in [0.2, 0.25) is 0 Å². The normalized spacial score (nSPS) is 11.2. The van der Waals surface area contributed by atoms with Crippen LogP contribution in [-0.2, 0) is 4.79 Å². The van der Waals surface area contributed by atoms with Crippen LogP contribution in [0.15, 0.2) is 64.4 Å². The highest BCUT2D eigenvalue weighted by atomic mass is 79.9. The molecule has 1 amide bonds. The molecule has 5 nitrogen and oxygen atoms in total. The fraction of sp³-hybridized carbons (Fsp3) is 0.238. The Balaban J connectivity index is 1.95. The van der Waals surface area contributed by atoms with Gasteiger partial charge in [-0.2, -0.15) is 8.78 Å². The number of rotatable bonds is 8. The van der Waals surface area contributed by atoms with E-state index in [-0.39, 0.29) is 23.5 Å². The minimum atomic E-state index is -2.88. The average Bonchev–Trinajstić information content (AvgIpc) is 3.10. The Morgan fingerprint density at radius 3 is 2.43 bits per heavy atom. The molecule has 1 heterocycles. The maximum absolute atomic E-state index is 12.5. The number of aromatic nitrogens is 2. The van der Waals surface area contributed by atoms with Crippen molar-refractivity contribution in [3.8, 4) is 22.7 Å². The monoisotopic (exact) mass is 495 g/mol. The zero-order valence-corrected chi connectivity index (χ0v) is 18.7. The van der Waals surface area contributed by atoms with Crippen LogP contribution in [0.4, 0.5) is 8.78 Å². The average molecular weight is 496 g/mol. The van der Waals surface area contributed by atoms with Crippen molar-refractivity contribution >= 4 is 33.6 Å². The number of ether oxygens (including phenoxy) is 1. The number of amides is 1. The summed E-state index contributed by atoms with van der Waals surface area (Å²) in [5.74, 6) is 0.196. The minimum Gasteiger partial charge on any atom is -0.435 e. The SMILES string of the molecule is CC(C)NC(=O)CSc1ncc(-c2ccc(Br)cc2)n1-c1ccc(OC(F)F)cc1. The van der Waals surface area contributed by atoms with E-state index in [0.29, 0.717) is 5.16 Å². The van der Waals surface area contributed by atoms with Crippen LogP contribution in [0, 0.1) is 0 Å². The summed E-state index contributed by atoms with van der Waals surface area (Å²) in [6.07, 6.45) is 1.73. The largest absolute Gasteiger partial charge is 0.435 e. The first-order chi connectivity index (χ1) is 14.3. The van der Waals surface area contributed by atoms with Gasteiger partial charge in [-0.1, -0.05) is 39.8 Å². The van der Waals surface area contributed by atoms with Crippen molar-refractivity contribution in [2.45, 2.75) is 31.7 Å². The molecule has 0 bridgehead atoms. The van der Waals surface area contributed by atoms with Crippen molar-refractivity contribution in [2.24, 2.45) is 0 Å². The first kappa shape index (κ1) is 22.3. The van der Waals surface area contributed by atoms with E-state index in [0.717, 1.165) is 21.4 Å². The van der Waals surface area contributed by atoms with Crippen molar-refractivity contribution in [2.75, 3.05) is 5.75 Å². The van der Waals surface area contributed by atoms with Crippen molar-refractivity contribution in [1.82, 2.24) is 14.9 Å². The molecule has 1 aromatic heterocycles. The molecule has 0 aliphatic carbocycles. The molecule has 9 heteroatoms. The molecule has 0 atom stereocenters. The fourth-order valence-corrected chi connectivity index (χ4v) is 3.85. The Kier molecular flexibility index (Phi) is 7.49. The molecule has 0 aliphatic rings. The van der Waals surface area contributed by atoms with Gasteiger partial charge in [0.25, 0.3) is 0 Å². The smallest absolute Gasteiger partial charge is 0.387 e. The van der Waals surface area contributed by atoms with Crippen LogP contribution in [0.25, 0.3) is 16.9 Å². The Morgan fingerprint density at radius 1 is 1.17 bits per heavy atom. The number of carbonyl (C=O) groups excluding carboxylic acids is 1. The summed E-state index contributed by atoms with van der Waals surface area (Å²) in [7, 11) is 0. The third kappa shape index (κ3) is 5.82. The summed E-state index contributed by atoms with van der Waals surface area (Å²) in [6.45, 7) is 0.920. The number of thioether (sulfide) groups is 1. The van der Waals surface area contributed by atoms with Crippen molar-refractivity contribution in [3.05, 3.63) is 59.2 Å². The minimum absolute atomic E-state index is 0.0542. The fourth-order valence-electron chi connectivity index (χ4n) is 2.78. The van der Waals surface area contributed by atoms with Crippen molar-refractivity contribution in [1.29, 1.82) is 0 Å². The number of nitrogens with one attached hydrogen (secondary N) is 1. The van der Waals surface area contributed by atoms with E-state index >= 15 is 0 Å². The third-order valence-electron chi connectivity index (χ3n) is 3.97. The zero-order chi connectivity index (χ0) is 21.7. The van der Waals surface area contributed by atoms with Gasteiger partial charge >= 0.3 is 6.61 Å². The van der Waals surface area contributed by atoms with Gasteiger partial charge in [0.05, 0.1) is 17.6 Å². The van der Waals surface area contributed by atoms with E-state index < -0.39 is 6.61 Å². The number of hydrogen-bond donors (Lipinski definition) is 1. The summed E-state index contributed by atoms with van der Waals surface area (Å²) in [4.78, 5) is 16.6. The topological polar surface area (TPSA) is 56.2 Å². The molecule has 0 fully saturated rings. The number of hydrogen-bond acceptors (Lipinski definition) is 4.